The van der Waals surface area contributed by atoms with E-state index in [0.717, 1.165) is 0 Å². The first-order valence-corrected chi connectivity index (χ1v) is 6.16. The molecule has 0 aliphatic rings. The number of nitrogens with one attached hydrogen (secondary N) is 1. The average Bonchev–Trinajstić information content (AvgIpc) is 2.80. The molecule has 19 heavy (non-hydrogen) atoms. The first kappa shape index (κ1) is 15.1. The van der Waals surface area contributed by atoms with E-state index in [1.54, 1.807) is 25.4 Å². The summed E-state index contributed by atoms with van der Waals surface area (Å²) in [5.41, 5.74) is 0. The molecule has 2 amide bonds. The molecular formula is C13H20N2O4. The molecule has 1 unspecified atom stereocenters. The van der Waals surface area contributed by atoms with Gasteiger partial charge in [0.2, 0.25) is 0 Å². The van der Waals surface area contributed by atoms with E-state index in [0.29, 0.717) is 12.3 Å². The van der Waals surface area contributed by atoms with Crippen molar-refractivity contribution in [3.8, 4) is 0 Å². The topological polar surface area (TPSA) is 82.8 Å². The van der Waals surface area contributed by atoms with Crippen LogP contribution >= 0.6 is 0 Å². The van der Waals surface area contributed by atoms with Crippen LogP contribution in [0.5, 0.6) is 0 Å². The molecule has 0 saturated heterocycles. The third-order valence-electron chi connectivity index (χ3n) is 2.91. The Kier molecular flexibility index (Phi) is 5.41. The highest BCUT2D eigenvalue weighted by atomic mass is 16.4. The van der Waals surface area contributed by atoms with Gasteiger partial charge in [-0.15, -0.1) is 0 Å². The van der Waals surface area contributed by atoms with Crippen LogP contribution in [0.4, 0.5) is 4.79 Å². The lowest BCUT2D eigenvalue weighted by atomic mass is 9.96. The van der Waals surface area contributed by atoms with Crippen molar-refractivity contribution >= 4 is 12.0 Å². The Bertz CT molecular complexity index is 414. The van der Waals surface area contributed by atoms with E-state index in [1.807, 2.05) is 13.8 Å². The summed E-state index contributed by atoms with van der Waals surface area (Å²) in [4.78, 5) is 24.2. The highest BCUT2D eigenvalue weighted by Crippen LogP contribution is 2.10. The predicted molar refractivity (Wildman–Crippen MR) is 69.5 cm³/mol. The molecule has 1 aromatic heterocycles. The van der Waals surface area contributed by atoms with Gasteiger partial charge in [-0.3, -0.25) is 4.79 Å². The number of carbonyl (C=O) groups is 2. The van der Waals surface area contributed by atoms with E-state index < -0.39 is 11.9 Å². The van der Waals surface area contributed by atoms with Crippen molar-refractivity contribution in [1.82, 2.24) is 10.2 Å². The molecule has 0 aliphatic carbocycles. The Balaban J connectivity index is 2.43. The average molecular weight is 268 g/mol. The fraction of sp³-hybridized carbons (Fsp3) is 0.538. The van der Waals surface area contributed by atoms with Gasteiger partial charge in [-0.25, -0.2) is 4.79 Å². The lowest BCUT2D eigenvalue weighted by Gasteiger charge is -2.20. The summed E-state index contributed by atoms with van der Waals surface area (Å²) in [5, 5.41) is 11.6. The lowest BCUT2D eigenvalue weighted by molar-refractivity contribution is -0.142. The zero-order chi connectivity index (χ0) is 14.4. The SMILES string of the molecule is CC(C)C(CNC(=O)N(C)Cc1ccco1)C(=O)O. The molecular weight excluding hydrogens is 248 g/mol. The summed E-state index contributed by atoms with van der Waals surface area (Å²) in [7, 11) is 1.63. The maximum Gasteiger partial charge on any atom is 0.317 e. The monoisotopic (exact) mass is 268 g/mol. The summed E-state index contributed by atoms with van der Waals surface area (Å²) in [5.74, 6) is -0.838. The Hall–Kier alpha value is -1.98. The van der Waals surface area contributed by atoms with Crippen LogP contribution in [0.1, 0.15) is 19.6 Å². The number of aliphatic carboxylic acids is 1. The van der Waals surface area contributed by atoms with Gasteiger partial charge in [0.25, 0.3) is 0 Å². The minimum atomic E-state index is -0.899. The summed E-state index contributed by atoms with van der Waals surface area (Å²) in [6, 6.07) is 3.21. The highest BCUT2D eigenvalue weighted by molar-refractivity contribution is 5.75. The maximum absolute atomic E-state index is 11.8. The predicted octanol–water partition coefficient (Wildman–Crippen LogP) is 1.78. The van der Waals surface area contributed by atoms with Crippen molar-refractivity contribution in [2.45, 2.75) is 20.4 Å². The van der Waals surface area contributed by atoms with Crippen LogP contribution in [0.25, 0.3) is 0 Å². The largest absolute Gasteiger partial charge is 0.481 e. The van der Waals surface area contributed by atoms with Gasteiger partial charge in [0, 0.05) is 13.6 Å². The number of rotatable bonds is 6. The fourth-order valence-corrected chi connectivity index (χ4v) is 1.65. The third-order valence-corrected chi connectivity index (χ3v) is 2.91. The van der Waals surface area contributed by atoms with E-state index in [1.165, 1.54) is 4.90 Å². The van der Waals surface area contributed by atoms with Gasteiger partial charge < -0.3 is 19.7 Å². The highest BCUT2D eigenvalue weighted by Gasteiger charge is 2.22. The molecule has 2 N–H and O–H groups in total. The number of hydrogen-bond donors (Lipinski definition) is 2. The first-order chi connectivity index (χ1) is 8.91. The van der Waals surface area contributed by atoms with Crippen molar-refractivity contribution in [2.75, 3.05) is 13.6 Å². The standard InChI is InChI=1S/C13H20N2O4/c1-9(2)11(12(16)17)7-14-13(18)15(3)8-10-5-4-6-19-10/h4-6,9,11H,7-8H2,1-3H3,(H,14,18)(H,16,17). The van der Waals surface area contributed by atoms with Gasteiger partial charge in [0.15, 0.2) is 0 Å². The quantitative estimate of drug-likeness (QED) is 0.823. The Morgan fingerprint density at radius 2 is 2.16 bits per heavy atom. The second kappa shape index (κ2) is 6.82. The lowest BCUT2D eigenvalue weighted by Crippen LogP contribution is -2.41. The molecule has 106 valence electrons. The van der Waals surface area contributed by atoms with E-state index in [4.69, 9.17) is 9.52 Å². The van der Waals surface area contributed by atoms with Crippen LogP contribution in [0.3, 0.4) is 0 Å². The van der Waals surface area contributed by atoms with E-state index in [-0.39, 0.29) is 18.5 Å². The molecule has 0 aliphatic heterocycles. The summed E-state index contributed by atoms with van der Waals surface area (Å²) < 4.78 is 5.14. The zero-order valence-electron chi connectivity index (χ0n) is 11.4. The van der Waals surface area contributed by atoms with Gasteiger partial charge in [-0.2, -0.15) is 0 Å². The smallest absolute Gasteiger partial charge is 0.317 e. The summed E-state index contributed by atoms with van der Waals surface area (Å²) in [6.07, 6.45) is 1.54. The zero-order valence-corrected chi connectivity index (χ0v) is 11.4. The number of furan rings is 1. The van der Waals surface area contributed by atoms with Gasteiger partial charge in [0.05, 0.1) is 18.7 Å². The number of carbonyl (C=O) groups excluding carboxylic acids is 1. The van der Waals surface area contributed by atoms with Crippen LogP contribution < -0.4 is 5.32 Å². The first-order valence-electron chi connectivity index (χ1n) is 6.16. The maximum atomic E-state index is 11.8. The number of urea groups is 1. The van der Waals surface area contributed by atoms with Crippen LogP contribution in [0.2, 0.25) is 0 Å². The molecule has 6 nitrogen and oxygen atoms in total. The number of amides is 2. The number of nitrogens with zero attached hydrogens (tertiary/aromatic N) is 1. The molecule has 1 atom stereocenters. The Morgan fingerprint density at radius 3 is 2.63 bits per heavy atom. The van der Waals surface area contributed by atoms with Gasteiger partial charge in [0.1, 0.15) is 5.76 Å². The summed E-state index contributed by atoms with van der Waals surface area (Å²) in [6.45, 7) is 4.10. The second-order valence-corrected chi connectivity index (χ2v) is 4.81. The molecule has 0 aromatic carbocycles. The van der Waals surface area contributed by atoms with Crippen LogP contribution in [-0.4, -0.2) is 35.6 Å². The molecule has 0 radical (unpaired) electrons. The molecule has 1 rings (SSSR count). The molecule has 6 heteroatoms. The normalized spacial score (nSPS) is 12.2. The van der Waals surface area contributed by atoms with Crippen LogP contribution in [0.15, 0.2) is 22.8 Å². The van der Waals surface area contributed by atoms with Crippen molar-refractivity contribution in [3.05, 3.63) is 24.2 Å². The van der Waals surface area contributed by atoms with E-state index >= 15 is 0 Å². The Morgan fingerprint density at radius 1 is 1.47 bits per heavy atom. The number of hydrogen-bond acceptors (Lipinski definition) is 3. The number of carboxylic acids is 1. The molecule has 0 spiro atoms. The van der Waals surface area contributed by atoms with Crippen molar-refractivity contribution in [2.24, 2.45) is 11.8 Å². The summed E-state index contributed by atoms with van der Waals surface area (Å²) >= 11 is 0. The van der Waals surface area contributed by atoms with Gasteiger partial charge in [-0.05, 0) is 18.1 Å². The van der Waals surface area contributed by atoms with Gasteiger partial charge in [-0.1, -0.05) is 13.8 Å². The molecule has 0 saturated carbocycles. The minimum absolute atomic E-state index is 0.0341. The Labute approximate surface area is 112 Å². The third kappa shape index (κ3) is 4.65. The second-order valence-electron chi connectivity index (χ2n) is 4.81. The van der Waals surface area contributed by atoms with Crippen LogP contribution in [-0.2, 0) is 11.3 Å². The van der Waals surface area contributed by atoms with Crippen molar-refractivity contribution in [3.63, 3.8) is 0 Å². The van der Waals surface area contributed by atoms with E-state index in [9.17, 15) is 9.59 Å². The molecule has 0 fully saturated rings. The fourth-order valence-electron chi connectivity index (χ4n) is 1.65. The number of carboxylic acid groups (broad SMARTS) is 1. The van der Waals surface area contributed by atoms with Crippen molar-refractivity contribution < 1.29 is 19.1 Å². The molecule has 0 bridgehead atoms. The van der Waals surface area contributed by atoms with Gasteiger partial charge >= 0.3 is 12.0 Å². The van der Waals surface area contributed by atoms with Crippen molar-refractivity contribution in [1.29, 1.82) is 0 Å². The van der Waals surface area contributed by atoms with E-state index in [2.05, 4.69) is 5.32 Å². The van der Waals surface area contributed by atoms with Crippen LogP contribution in [0, 0.1) is 11.8 Å². The minimum Gasteiger partial charge on any atom is -0.481 e. The molecule has 1 heterocycles. The molecule has 1 aromatic rings.